The van der Waals surface area contributed by atoms with Crippen LogP contribution in [0, 0.1) is 11.8 Å². The van der Waals surface area contributed by atoms with Crippen LogP contribution >= 0.6 is 0 Å². The summed E-state index contributed by atoms with van der Waals surface area (Å²) in [6.45, 7) is 6.65. The molecule has 3 aromatic rings. The summed E-state index contributed by atoms with van der Waals surface area (Å²) in [5.74, 6) is 1.90. The Kier molecular flexibility index (Phi) is 7.25. The lowest BCUT2D eigenvalue weighted by Crippen LogP contribution is -2.30. The molecule has 180 valence electrons. The number of ether oxygens (including phenoxy) is 2. The molecule has 2 aromatic carbocycles. The van der Waals surface area contributed by atoms with Crippen molar-refractivity contribution in [3.8, 4) is 17.2 Å². The van der Waals surface area contributed by atoms with Gasteiger partial charge in [-0.2, -0.15) is 5.01 Å². The number of aryl methyl sites for hydroxylation is 1. The lowest BCUT2D eigenvalue weighted by Gasteiger charge is -2.22. The Bertz CT molecular complexity index is 1230. The highest BCUT2D eigenvalue weighted by molar-refractivity contribution is 5.87. The van der Waals surface area contributed by atoms with Gasteiger partial charge in [0.15, 0.2) is 0 Å². The maximum atomic E-state index is 11.9. The molecule has 9 nitrogen and oxygen atoms in total. The van der Waals surface area contributed by atoms with Gasteiger partial charge in [0.05, 0.1) is 30.0 Å². The number of benzene rings is 2. The highest BCUT2D eigenvalue weighted by Crippen LogP contribution is 2.36. The molecule has 1 aliphatic rings. The molecular weight excluding hydrogens is 446 g/mol. The lowest BCUT2D eigenvalue weighted by molar-refractivity contribution is -0.125. The summed E-state index contributed by atoms with van der Waals surface area (Å²) in [6, 6.07) is 14.5. The number of carbonyl (C=O) groups is 1. The van der Waals surface area contributed by atoms with Crippen molar-refractivity contribution in [3.63, 3.8) is 0 Å². The molecule has 0 saturated carbocycles. The molecule has 1 N–H and O–H groups in total. The number of nitroso groups, excluding NO2 is 1. The number of nitrogens with zero attached hydrogens (tertiary/aromatic N) is 4. The van der Waals surface area contributed by atoms with Crippen LogP contribution in [0.3, 0.4) is 0 Å². The molecule has 0 spiro atoms. The zero-order valence-corrected chi connectivity index (χ0v) is 19.7. The molecule has 1 fully saturated rings. The van der Waals surface area contributed by atoms with Crippen LogP contribution in [0.5, 0.6) is 17.2 Å². The number of pyridine rings is 1. The third kappa shape index (κ3) is 5.40. The van der Waals surface area contributed by atoms with Gasteiger partial charge in [0.25, 0.3) is 0 Å². The first kappa shape index (κ1) is 23.7. The van der Waals surface area contributed by atoms with E-state index in [-0.39, 0.29) is 11.9 Å². The second-order valence-electron chi connectivity index (χ2n) is 8.14. The first-order valence-electron chi connectivity index (χ1n) is 11.2. The summed E-state index contributed by atoms with van der Waals surface area (Å²) in [4.78, 5) is 29.8. The molecule has 2 heterocycles. The first-order chi connectivity index (χ1) is 17.0. The van der Waals surface area contributed by atoms with E-state index in [0.717, 1.165) is 12.0 Å². The van der Waals surface area contributed by atoms with Gasteiger partial charge in [0.2, 0.25) is 5.91 Å². The van der Waals surface area contributed by atoms with Gasteiger partial charge >= 0.3 is 0 Å². The highest BCUT2D eigenvalue weighted by atomic mass is 16.5. The summed E-state index contributed by atoms with van der Waals surface area (Å²) < 4.78 is 11.3. The Hall–Kier alpha value is -4.40. The largest absolute Gasteiger partial charge is 0.497 e. The van der Waals surface area contributed by atoms with Gasteiger partial charge in [-0.25, -0.2) is 0 Å². The number of methoxy groups -OCH3 is 1. The van der Waals surface area contributed by atoms with Crippen LogP contribution in [0.1, 0.15) is 12.0 Å². The predicted octanol–water partition coefficient (Wildman–Crippen LogP) is 5.21. The average Bonchev–Trinajstić information content (AvgIpc) is 3.35. The quantitative estimate of drug-likeness (QED) is 0.259. The van der Waals surface area contributed by atoms with Gasteiger partial charge < -0.3 is 19.7 Å². The van der Waals surface area contributed by atoms with Crippen LogP contribution in [0.4, 0.5) is 17.1 Å². The molecule has 35 heavy (non-hydrogen) atoms. The smallest absolute Gasteiger partial charge is 0.246 e. The third-order valence-corrected chi connectivity index (χ3v) is 5.82. The van der Waals surface area contributed by atoms with Crippen molar-refractivity contribution in [2.45, 2.75) is 19.4 Å². The lowest BCUT2D eigenvalue weighted by atomic mass is 10.1. The van der Waals surface area contributed by atoms with Crippen LogP contribution in [0.15, 0.2) is 78.9 Å². The monoisotopic (exact) mass is 473 g/mol. The minimum absolute atomic E-state index is 0.0360. The summed E-state index contributed by atoms with van der Waals surface area (Å²) >= 11 is 0. The number of nitrogens with one attached hydrogen (secondary N) is 1. The van der Waals surface area contributed by atoms with E-state index in [0.29, 0.717) is 47.4 Å². The van der Waals surface area contributed by atoms with E-state index in [2.05, 4.69) is 22.2 Å². The van der Waals surface area contributed by atoms with Crippen molar-refractivity contribution in [1.82, 2.24) is 9.88 Å². The fraction of sp³-hybridized carbons (Fsp3) is 0.231. The Morgan fingerprint density at radius 1 is 1.26 bits per heavy atom. The van der Waals surface area contributed by atoms with Crippen molar-refractivity contribution < 1.29 is 14.3 Å². The van der Waals surface area contributed by atoms with Crippen LogP contribution in [-0.4, -0.2) is 42.0 Å². The molecule has 1 saturated heterocycles. The van der Waals surface area contributed by atoms with Gasteiger partial charge in [-0.05, 0) is 61.4 Å². The van der Waals surface area contributed by atoms with Crippen LogP contribution < -0.4 is 19.8 Å². The average molecular weight is 474 g/mol. The second kappa shape index (κ2) is 10.7. The number of carbonyl (C=O) groups excluding carboxylic acids is 1. The van der Waals surface area contributed by atoms with E-state index in [1.165, 1.54) is 11.1 Å². The van der Waals surface area contributed by atoms with Crippen LogP contribution in [0.2, 0.25) is 0 Å². The SMILES string of the molecule is C=CC(=O)N1CCC(Nc2ccncc2N(N=O)c2ccc(Oc3cccc(OC)c3)c(C)c2)C1. The molecular formula is C26H27N5O4. The molecule has 4 rings (SSSR count). The van der Waals surface area contributed by atoms with Crippen molar-refractivity contribution in [3.05, 3.63) is 84.1 Å². The molecule has 1 aliphatic heterocycles. The van der Waals surface area contributed by atoms with Crippen molar-refractivity contribution in [2.75, 3.05) is 30.5 Å². The zero-order valence-electron chi connectivity index (χ0n) is 19.7. The fourth-order valence-electron chi connectivity index (χ4n) is 4.01. The summed E-state index contributed by atoms with van der Waals surface area (Å²) in [5, 5.41) is 7.98. The number of anilines is 3. The Morgan fingerprint density at radius 3 is 2.83 bits per heavy atom. The van der Waals surface area contributed by atoms with Gasteiger partial charge in [-0.15, -0.1) is 4.91 Å². The van der Waals surface area contributed by atoms with Gasteiger partial charge in [0, 0.05) is 31.4 Å². The Labute approximate surface area is 203 Å². The maximum Gasteiger partial charge on any atom is 0.246 e. The summed E-state index contributed by atoms with van der Waals surface area (Å²) in [7, 11) is 1.60. The predicted molar refractivity (Wildman–Crippen MR) is 135 cm³/mol. The second-order valence-corrected chi connectivity index (χ2v) is 8.14. The molecule has 1 aromatic heterocycles. The minimum Gasteiger partial charge on any atom is -0.497 e. The van der Waals surface area contributed by atoms with Crippen molar-refractivity contribution >= 4 is 23.0 Å². The van der Waals surface area contributed by atoms with E-state index in [9.17, 15) is 9.70 Å². The molecule has 1 amide bonds. The standard InChI is InChI=1S/C26H27N5O4/c1-4-26(32)30-13-11-19(17-30)28-23-10-12-27-16-24(23)31(29-33)20-8-9-25(18(2)14-20)35-22-7-5-6-21(15-22)34-3/h4-10,12,14-16,19H,1,11,13,17H2,2-3H3,(H,27,28). The first-order valence-corrected chi connectivity index (χ1v) is 11.2. The number of amides is 1. The third-order valence-electron chi connectivity index (χ3n) is 5.82. The topological polar surface area (TPSA) is 96.4 Å². The van der Waals surface area contributed by atoms with Crippen LogP contribution in [0.25, 0.3) is 0 Å². The van der Waals surface area contributed by atoms with E-state index < -0.39 is 0 Å². The van der Waals surface area contributed by atoms with E-state index in [1.807, 2.05) is 31.2 Å². The van der Waals surface area contributed by atoms with E-state index in [4.69, 9.17) is 9.47 Å². The Morgan fingerprint density at radius 2 is 2.09 bits per heavy atom. The molecule has 0 aliphatic carbocycles. The van der Waals surface area contributed by atoms with E-state index >= 15 is 0 Å². The number of aromatic nitrogens is 1. The normalized spacial score (nSPS) is 14.8. The molecule has 9 heteroatoms. The Balaban J connectivity index is 1.54. The number of hydrogen-bond acceptors (Lipinski definition) is 7. The number of hydrogen-bond donors (Lipinski definition) is 1. The number of rotatable bonds is 9. The molecule has 1 unspecified atom stereocenters. The number of likely N-dealkylation sites (tertiary alicyclic amines) is 1. The van der Waals surface area contributed by atoms with E-state index in [1.54, 1.807) is 48.7 Å². The molecule has 0 bridgehead atoms. The van der Waals surface area contributed by atoms with Gasteiger partial charge in [0.1, 0.15) is 22.9 Å². The van der Waals surface area contributed by atoms with Crippen LogP contribution in [-0.2, 0) is 4.79 Å². The fourth-order valence-corrected chi connectivity index (χ4v) is 4.01. The molecule has 1 atom stereocenters. The highest BCUT2D eigenvalue weighted by Gasteiger charge is 2.26. The van der Waals surface area contributed by atoms with Gasteiger partial charge in [-0.3, -0.25) is 9.78 Å². The zero-order chi connectivity index (χ0) is 24.8. The summed E-state index contributed by atoms with van der Waals surface area (Å²) in [5.41, 5.74) is 2.61. The van der Waals surface area contributed by atoms with Gasteiger partial charge in [-0.1, -0.05) is 12.6 Å². The van der Waals surface area contributed by atoms with Crippen molar-refractivity contribution in [1.29, 1.82) is 0 Å². The maximum absolute atomic E-state index is 11.9. The minimum atomic E-state index is -0.0906. The molecule has 0 radical (unpaired) electrons. The van der Waals surface area contributed by atoms with Crippen molar-refractivity contribution in [2.24, 2.45) is 5.29 Å². The summed E-state index contributed by atoms with van der Waals surface area (Å²) in [6.07, 6.45) is 5.33.